The number of nitrogens with zero attached hydrogens (tertiary/aromatic N) is 2. The Balaban J connectivity index is 2.20. The van der Waals surface area contributed by atoms with Crippen LogP contribution in [0.2, 0.25) is 5.02 Å². The highest BCUT2D eigenvalue weighted by Crippen LogP contribution is 2.25. The van der Waals surface area contributed by atoms with Crippen LogP contribution in [0.25, 0.3) is 0 Å². The Hall–Kier alpha value is -0.800. The highest BCUT2D eigenvalue weighted by Gasteiger charge is 2.24. The number of ether oxygens (including phenoxy) is 1. The number of morpholine rings is 1. The third-order valence-electron chi connectivity index (χ3n) is 2.46. The maximum absolute atomic E-state index is 6.11. The standard InChI is InChI=1S/C11H15ClN2O/c1-8-6-14(7-9(2)15-8)11-10(12)4-3-5-13-11/h3-5,8-9H,6-7H2,1-2H3/t8-,9-/m0/s1. The normalized spacial score (nSPS) is 26.7. The Morgan fingerprint density at radius 2 is 2.07 bits per heavy atom. The second-order valence-corrected chi connectivity index (χ2v) is 4.38. The summed E-state index contributed by atoms with van der Waals surface area (Å²) in [6, 6.07) is 3.72. The molecule has 15 heavy (non-hydrogen) atoms. The van der Waals surface area contributed by atoms with Crippen molar-refractivity contribution in [1.29, 1.82) is 0 Å². The van der Waals surface area contributed by atoms with Crippen molar-refractivity contribution >= 4 is 17.4 Å². The summed E-state index contributed by atoms with van der Waals surface area (Å²) in [4.78, 5) is 6.49. The van der Waals surface area contributed by atoms with Crippen LogP contribution in [0.5, 0.6) is 0 Å². The molecule has 0 spiro atoms. The SMILES string of the molecule is C[C@H]1CN(c2ncccc2Cl)C[C@H](C)O1. The molecule has 1 aliphatic heterocycles. The van der Waals surface area contributed by atoms with Gasteiger partial charge in [-0.2, -0.15) is 0 Å². The van der Waals surface area contributed by atoms with Gasteiger partial charge in [-0.1, -0.05) is 11.6 Å². The number of hydrogen-bond donors (Lipinski definition) is 0. The van der Waals surface area contributed by atoms with Gasteiger partial charge in [-0.15, -0.1) is 0 Å². The second kappa shape index (κ2) is 4.37. The van der Waals surface area contributed by atoms with E-state index in [-0.39, 0.29) is 12.2 Å². The minimum Gasteiger partial charge on any atom is -0.372 e. The summed E-state index contributed by atoms with van der Waals surface area (Å²) in [5.41, 5.74) is 0. The van der Waals surface area contributed by atoms with E-state index >= 15 is 0 Å². The molecule has 1 aromatic rings. The Bertz CT molecular complexity index is 335. The van der Waals surface area contributed by atoms with Crippen molar-refractivity contribution in [3.8, 4) is 0 Å². The molecule has 0 bridgehead atoms. The van der Waals surface area contributed by atoms with Gasteiger partial charge in [-0.3, -0.25) is 0 Å². The van der Waals surface area contributed by atoms with E-state index in [1.807, 2.05) is 12.1 Å². The fourth-order valence-electron chi connectivity index (χ4n) is 1.96. The van der Waals surface area contributed by atoms with Crippen molar-refractivity contribution < 1.29 is 4.74 Å². The molecule has 0 saturated carbocycles. The fourth-order valence-corrected chi connectivity index (χ4v) is 2.20. The first-order chi connectivity index (χ1) is 7.16. The summed E-state index contributed by atoms with van der Waals surface area (Å²) in [5.74, 6) is 0.862. The van der Waals surface area contributed by atoms with E-state index in [9.17, 15) is 0 Å². The zero-order valence-corrected chi connectivity index (χ0v) is 9.74. The fraction of sp³-hybridized carbons (Fsp3) is 0.545. The average molecular weight is 227 g/mol. The highest BCUT2D eigenvalue weighted by molar-refractivity contribution is 6.32. The molecule has 4 heteroatoms. The quantitative estimate of drug-likeness (QED) is 0.735. The lowest BCUT2D eigenvalue weighted by Crippen LogP contribution is -2.45. The van der Waals surface area contributed by atoms with E-state index in [4.69, 9.17) is 16.3 Å². The van der Waals surface area contributed by atoms with Crippen LogP contribution in [0.3, 0.4) is 0 Å². The molecule has 82 valence electrons. The molecular formula is C11H15ClN2O. The third kappa shape index (κ3) is 2.41. The van der Waals surface area contributed by atoms with E-state index in [2.05, 4.69) is 23.7 Å². The molecule has 0 unspecified atom stereocenters. The van der Waals surface area contributed by atoms with Crippen LogP contribution in [0.1, 0.15) is 13.8 Å². The maximum Gasteiger partial charge on any atom is 0.147 e. The molecule has 0 N–H and O–H groups in total. The van der Waals surface area contributed by atoms with Crippen molar-refractivity contribution in [3.63, 3.8) is 0 Å². The van der Waals surface area contributed by atoms with Crippen molar-refractivity contribution in [2.45, 2.75) is 26.1 Å². The smallest absolute Gasteiger partial charge is 0.147 e. The number of halogens is 1. The van der Waals surface area contributed by atoms with Gasteiger partial charge < -0.3 is 9.64 Å². The third-order valence-corrected chi connectivity index (χ3v) is 2.75. The molecule has 2 atom stereocenters. The van der Waals surface area contributed by atoms with E-state index < -0.39 is 0 Å². The van der Waals surface area contributed by atoms with Crippen LogP contribution in [-0.4, -0.2) is 30.3 Å². The molecule has 2 heterocycles. The minimum absolute atomic E-state index is 0.229. The van der Waals surface area contributed by atoms with Crippen LogP contribution in [0.4, 0.5) is 5.82 Å². The lowest BCUT2D eigenvalue weighted by Gasteiger charge is -2.36. The van der Waals surface area contributed by atoms with E-state index in [0.29, 0.717) is 5.02 Å². The van der Waals surface area contributed by atoms with Gasteiger partial charge in [0.1, 0.15) is 5.82 Å². The molecule has 1 aliphatic rings. The maximum atomic E-state index is 6.11. The monoisotopic (exact) mass is 226 g/mol. The van der Waals surface area contributed by atoms with Gasteiger partial charge in [-0.05, 0) is 26.0 Å². The number of aromatic nitrogens is 1. The van der Waals surface area contributed by atoms with Crippen LogP contribution >= 0.6 is 11.6 Å². The lowest BCUT2D eigenvalue weighted by atomic mass is 10.2. The van der Waals surface area contributed by atoms with Crippen molar-refractivity contribution in [2.75, 3.05) is 18.0 Å². The molecule has 3 nitrogen and oxygen atoms in total. The summed E-state index contributed by atoms with van der Waals surface area (Å²) in [5, 5.41) is 0.707. The van der Waals surface area contributed by atoms with Crippen LogP contribution in [0.15, 0.2) is 18.3 Å². The molecule has 1 aromatic heterocycles. The lowest BCUT2D eigenvalue weighted by molar-refractivity contribution is -0.00544. The second-order valence-electron chi connectivity index (χ2n) is 3.97. The van der Waals surface area contributed by atoms with Crippen molar-refractivity contribution in [1.82, 2.24) is 4.98 Å². The van der Waals surface area contributed by atoms with Gasteiger partial charge in [0.05, 0.1) is 17.2 Å². The molecular weight excluding hydrogens is 212 g/mol. The first-order valence-corrected chi connectivity index (χ1v) is 5.55. The first kappa shape index (κ1) is 10.7. The predicted molar refractivity (Wildman–Crippen MR) is 61.5 cm³/mol. The van der Waals surface area contributed by atoms with Crippen molar-refractivity contribution in [3.05, 3.63) is 23.4 Å². The molecule has 2 rings (SSSR count). The minimum atomic E-state index is 0.229. The first-order valence-electron chi connectivity index (χ1n) is 5.17. The van der Waals surface area contributed by atoms with Gasteiger partial charge in [0, 0.05) is 19.3 Å². The zero-order valence-electron chi connectivity index (χ0n) is 8.98. The Morgan fingerprint density at radius 1 is 1.40 bits per heavy atom. The molecule has 1 fully saturated rings. The summed E-state index contributed by atoms with van der Waals surface area (Å²) in [6.45, 7) is 5.83. The molecule has 0 amide bonds. The van der Waals surface area contributed by atoms with E-state index in [0.717, 1.165) is 18.9 Å². The largest absolute Gasteiger partial charge is 0.372 e. The number of anilines is 1. The van der Waals surface area contributed by atoms with Gasteiger partial charge >= 0.3 is 0 Å². The number of rotatable bonds is 1. The van der Waals surface area contributed by atoms with E-state index in [1.54, 1.807) is 6.20 Å². The average Bonchev–Trinajstić information content (AvgIpc) is 2.16. The van der Waals surface area contributed by atoms with Gasteiger partial charge in [0.25, 0.3) is 0 Å². The van der Waals surface area contributed by atoms with Crippen LogP contribution < -0.4 is 4.90 Å². The molecule has 0 aliphatic carbocycles. The van der Waals surface area contributed by atoms with Crippen LogP contribution in [-0.2, 0) is 4.74 Å². The topological polar surface area (TPSA) is 25.4 Å². The summed E-state index contributed by atoms with van der Waals surface area (Å²) in [6.07, 6.45) is 2.23. The zero-order chi connectivity index (χ0) is 10.8. The number of pyridine rings is 1. The summed E-state index contributed by atoms with van der Waals surface area (Å²) >= 11 is 6.11. The summed E-state index contributed by atoms with van der Waals surface area (Å²) < 4.78 is 5.67. The van der Waals surface area contributed by atoms with E-state index in [1.165, 1.54) is 0 Å². The molecule has 1 saturated heterocycles. The molecule has 0 radical (unpaired) electrons. The van der Waals surface area contributed by atoms with Crippen LogP contribution in [0, 0.1) is 0 Å². The Kier molecular flexibility index (Phi) is 3.12. The Morgan fingerprint density at radius 3 is 2.67 bits per heavy atom. The van der Waals surface area contributed by atoms with Gasteiger partial charge in [0.2, 0.25) is 0 Å². The van der Waals surface area contributed by atoms with Gasteiger partial charge in [-0.25, -0.2) is 4.98 Å². The summed E-state index contributed by atoms with van der Waals surface area (Å²) in [7, 11) is 0. The Labute approximate surface area is 95.0 Å². The van der Waals surface area contributed by atoms with Gasteiger partial charge in [0.15, 0.2) is 0 Å². The predicted octanol–water partition coefficient (Wildman–Crippen LogP) is 2.35. The number of hydrogen-bond acceptors (Lipinski definition) is 3. The van der Waals surface area contributed by atoms with Crippen molar-refractivity contribution in [2.24, 2.45) is 0 Å². The molecule has 0 aromatic carbocycles. The highest BCUT2D eigenvalue weighted by atomic mass is 35.5.